The molecule has 1 heterocycles. The number of benzene rings is 1. The molecule has 0 saturated heterocycles. The van der Waals surface area contributed by atoms with Gasteiger partial charge in [0, 0.05) is 17.5 Å². The number of fused-ring (bicyclic) bond motifs is 1. The van der Waals surface area contributed by atoms with Crippen molar-refractivity contribution in [3.8, 4) is 5.75 Å². The van der Waals surface area contributed by atoms with Crippen LogP contribution in [0.3, 0.4) is 0 Å². The molecule has 3 heteroatoms. The fourth-order valence-corrected chi connectivity index (χ4v) is 3.84. The molecule has 1 aromatic heterocycles. The number of nitrogens with one attached hydrogen (secondary N) is 1. The van der Waals surface area contributed by atoms with Crippen LogP contribution in [0.5, 0.6) is 5.75 Å². The minimum Gasteiger partial charge on any atom is -0.494 e. The molecule has 1 aromatic carbocycles. The smallest absolute Gasteiger partial charge is 0.119 e. The summed E-state index contributed by atoms with van der Waals surface area (Å²) in [5.41, 5.74) is 2.81. The molecule has 2 aromatic rings. The van der Waals surface area contributed by atoms with Crippen molar-refractivity contribution in [2.75, 3.05) is 6.61 Å². The van der Waals surface area contributed by atoms with Crippen molar-refractivity contribution in [1.29, 1.82) is 0 Å². The Balaban J connectivity index is 1.64. The van der Waals surface area contributed by atoms with E-state index < -0.39 is 0 Å². The first-order valence-electron chi connectivity index (χ1n) is 7.38. The van der Waals surface area contributed by atoms with Crippen molar-refractivity contribution in [3.05, 3.63) is 51.7 Å². The van der Waals surface area contributed by atoms with E-state index in [1.807, 2.05) is 24.3 Å². The summed E-state index contributed by atoms with van der Waals surface area (Å²) < 4.78 is 5.56. The molecule has 3 rings (SSSR count). The van der Waals surface area contributed by atoms with Gasteiger partial charge in [0.25, 0.3) is 0 Å². The first-order valence-corrected chi connectivity index (χ1v) is 8.26. The number of ether oxygens (including phenoxy) is 1. The van der Waals surface area contributed by atoms with Crippen molar-refractivity contribution < 1.29 is 4.74 Å². The summed E-state index contributed by atoms with van der Waals surface area (Å²) >= 11 is 1.90. The van der Waals surface area contributed by atoms with Crippen molar-refractivity contribution in [2.24, 2.45) is 0 Å². The van der Waals surface area contributed by atoms with Gasteiger partial charge in [-0.05, 0) is 60.9 Å². The van der Waals surface area contributed by atoms with Gasteiger partial charge in [0.05, 0.1) is 6.61 Å². The molecule has 2 nitrogen and oxygen atoms in total. The van der Waals surface area contributed by atoms with Crippen LogP contribution >= 0.6 is 11.3 Å². The Morgan fingerprint density at radius 1 is 1.35 bits per heavy atom. The van der Waals surface area contributed by atoms with E-state index in [1.165, 1.54) is 30.4 Å². The third-order valence-corrected chi connectivity index (χ3v) is 4.81. The minimum absolute atomic E-state index is 0.515. The highest BCUT2D eigenvalue weighted by Crippen LogP contribution is 2.33. The molecule has 106 valence electrons. The molecule has 0 spiro atoms. The monoisotopic (exact) mass is 287 g/mol. The Morgan fingerprint density at radius 3 is 3.20 bits per heavy atom. The molecular weight excluding hydrogens is 266 g/mol. The number of aryl methyl sites for hydroxylation is 1. The van der Waals surface area contributed by atoms with Gasteiger partial charge in [0.1, 0.15) is 5.75 Å². The predicted octanol–water partition coefficient (Wildman–Crippen LogP) is 4.31. The van der Waals surface area contributed by atoms with E-state index in [2.05, 4.69) is 35.0 Å². The topological polar surface area (TPSA) is 21.3 Å². The van der Waals surface area contributed by atoms with Crippen LogP contribution < -0.4 is 10.1 Å². The first-order chi connectivity index (χ1) is 9.86. The summed E-state index contributed by atoms with van der Waals surface area (Å²) in [4.78, 5) is 1.57. The summed E-state index contributed by atoms with van der Waals surface area (Å²) in [6, 6.07) is 11.2. The maximum Gasteiger partial charge on any atom is 0.119 e. The maximum absolute atomic E-state index is 5.56. The third kappa shape index (κ3) is 3.05. The van der Waals surface area contributed by atoms with Crippen LogP contribution in [-0.4, -0.2) is 6.61 Å². The van der Waals surface area contributed by atoms with Crippen LogP contribution in [-0.2, 0) is 13.0 Å². The Bertz CT molecular complexity index is 564. The number of hydrogen-bond acceptors (Lipinski definition) is 3. The Morgan fingerprint density at radius 2 is 2.30 bits per heavy atom. The molecule has 1 atom stereocenters. The van der Waals surface area contributed by atoms with Gasteiger partial charge >= 0.3 is 0 Å². The van der Waals surface area contributed by atoms with Crippen molar-refractivity contribution >= 4 is 11.3 Å². The van der Waals surface area contributed by atoms with Gasteiger partial charge in [-0.3, -0.25) is 0 Å². The summed E-state index contributed by atoms with van der Waals surface area (Å²) in [6.07, 6.45) is 3.80. The lowest BCUT2D eigenvalue weighted by Crippen LogP contribution is -2.23. The molecule has 0 saturated carbocycles. The van der Waals surface area contributed by atoms with Gasteiger partial charge in [-0.15, -0.1) is 11.3 Å². The van der Waals surface area contributed by atoms with E-state index >= 15 is 0 Å². The normalized spacial score (nSPS) is 17.8. The van der Waals surface area contributed by atoms with E-state index in [-0.39, 0.29) is 0 Å². The largest absolute Gasteiger partial charge is 0.494 e. The predicted molar refractivity (Wildman–Crippen MR) is 84.4 cm³/mol. The molecule has 1 aliphatic carbocycles. The first kappa shape index (κ1) is 13.7. The van der Waals surface area contributed by atoms with Gasteiger partial charge in [0.15, 0.2) is 0 Å². The molecule has 0 fully saturated rings. The van der Waals surface area contributed by atoms with Gasteiger partial charge in [0.2, 0.25) is 0 Å². The van der Waals surface area contributed by atoms with E-state index in [4.69, 9.17) is 4.74 Å². The molecular formula is C17H21NOS. The molecule has 0 radical (unpaired) electrons. The van der Waals surface area contributed by atoms with Crippen LogP contribution in [0.4, 0.5) is 0 Å². The lowest BCUT2D eigenvalue weighted by atomic mass is 9.94. The second-order valence-electron chi connectivity index (χ2n) is 5.21. The quantitative estimate of drug-likeness (QED) is 0.884. The SMILES string of the molecule is CCOc1cccc(CNC2CCCc3sccc32)c1. The Labute approximate surface area is 124 Å². The highest BCUT2D eigenvalue weighted by Gasteiger charge is 2.20. The average Bonchev–Trinajstić information content (AvgIpc) is 2.95. The van der Waals surface area contributed by atoms with Crippen LogP contribution in [0.1, 0.15) is 41.8 Å². The zero-order chi connectivity index (χ0) is 13.8. The standard InChI is InChI=1S/C17H21NOS/c1-2-19-14-6-3-5-13(11-14)12-18-16-7-4-8-17-15(16)9-10-20-17/h3,5-6,9-11,16,18H,2,4,7-8,12H2,1H3. The zero-order valence-corrected chi connectivity index (χ0v) is 12.7. The van der Waals surface area contributed by atoms with E-state index in [1.54, 1.807) is 4.88 Å². The molecule has 1 N–H and O–H groups in total. The Hall–Kier alpha value is -1.32. The van der Waals surface area contributed by atoms with Crippen LogP contribution in [0.2, 0.25) is 0 Å². The summed E-state index contributed by atoms with van der Waals surface area (Å²) in [6.45, 7) is 3.64. The minimum atomic E-state index is 0.515. The van der Waals surface area contributed by atoms with E-state index in [9.17, 15) is 0 Å². The lowest BCUT2D eigenvalue weighted by molar-refractivity contribution is 0.339. The van der Waals surface area contributed by atoms with Gasteiger partial charge in [-0.2, -0.15) is 0 Å². The molecule has 1 unspecified atom stereocenters. The summed E-state index contributed by atoms with van der Waals surface area (Å²) in [5.74, 6) is 0.965. The highest BCUT2D eigenvalue weighted by molar-refractivity contribution is 7.10. The Kier molecular flexibility index (Phi) is 4.38. The lowest BCUT2D eigenvalue weighted by Gasteiger charge is -2.24. The molecule has 0 amide bonds. The summed E-state index contributed by atoms with van der Waals surface area (Å²) in [5, 5.41) is 5.92. The second kappa shape index (κ2) is 6.42. The maximum atomic E-state index is 5.56. The number of thiophene rings is 1. The zero-order valence-electron chi connectivity index (χ0n) is 11.9. The second-order valence-corrected chi connectivity index (χ2v) is 6.21. The van der Waals surface area contributed by atoms with Crippen molar-refractivity contribution in [1.82, 2.24) is 5.32 Å². The summed E-state index contributed by atoms with van der Waals surface area (Å²) in [7, 11) is 0. The van der Waals surface area contributed by atoms with Gasteiger partial charge in [-0.1, -0.05) is 12.1 Å². The average molecular weight is 287 g/mol. The number of hydrogen-bond donors (Lipinski definition) is 1. The molecule has 0 aliphatic heterocycles. The van der Waals surface area contributed by atoms with E-state index in [0.717, 1.165) is 18.9 Å². The van der Waals surface area contributed by atoms with Gasteiger partial charge < -0.3 is 10.1 Å². The fourth-order valence-electron chi connectivity index (χ4n) is 2.85. The van der Waals surface area contributed by atoms with Crippen LogP contribution in [0.25, 0.3) is 0 Å². The number of rotatable bonds is 5. The van der Waals surface area contributed by atoms with Crippen molar-refractivity contribution in [2.45, 2.75) is 38.8 Å². The van der Waals surface area contributed by atoms with Gasteiger partial charge in [-0.25, -0.2) is 0 Å². The van der Waals surface area contributed by atoms with E-state index in [0.29, 0.717) is 6.04 Å². The van der Waals surface area contributed by atoms with Crippen molar-refractivity contribution in [3.63, 3.8) is 0 Å². The molecule has 1 aliphatic rings. The third-order valence-electron chi connectivity index (χ3n) is 3.81. The fraction of sp³-hybridized carbons (Fsp3) is 0.412. The van der Waals surface area contributed by atoms with Crippen LogP contribution in [0.15, 0.2) is 35.7 Å². The van der Waals surface area contributed by atoms with Crippen LogP contribution in [0, 0.1) is 0 Å². The molecule has 20 heavy (non-hydrogen) atoms. The molecule has 0 bridgehead atoms. The highest BCUT2D eigenvalue weighted by atomic mass is 32.1.